The van der Waals surface area contributed by atoms with E-state index in [0.29, 0.717) is 42.0 Å². The largest absolute Gasteiger partial charge is 0.391 e. The van der Waals surface area contributed by atoms with Crippen molar-refractivity contribution in [2.45, 2.75) is 50.0 Å². The van der Waals surface area contributed by atoms with Crippen LogP contribution in [0.2, 0.25) is 0 Å². The third-order valence-corrected chi connectivity index (χ3v) is 8.20. The molecule has 3 heterocycles. The molecular weight excluding hydrogens is 421 g/mol. The lowest BCUT2D eigenvalue weighted by Gasteiger charge is -2.30. The first-order valence-corrected chi connectivity index (χ1v) is 11.6. The van der Waals surface area contributed by atoms with Crippen LogP contribution in [-0.4, -0.2) is 59.3 Å². The molecule has 0 aromatic carbocycles. The van der Waals surface area contributed by atoms with Crippen LogP contribution in [0.1, 0.15) is 53.9 Å². The molecule has 1 saturated carbocycles. The van der Waals surface area contributed by atoms with Crippen molar-refractivity contribution in [1.82, 2.24) is 19.5 Å². The van der Waals surface area contributed by atoms with Gasteiger partial charge in [0, 0.05) is 30.8 Å². The van der Waals surface area contributed by atoms with Gasteiger partial charge in [0.2, 0.25) is 6.41 Å². The zero-order chi connectivity index (χ0) is 21.7. The monoisotopic (exact) mass is 444 g/mol. The highest BCUT2D eigenvalue weighted by atomic mass is 32.2. The van der Waals surface area contributed by atoms with Gasteiger partial charge in [-0.3, -0.25) is 4.79 Å². The second kappa shape index (κ2) is 7.51. The van der Waals surface area contributed by atoms with E-state index in [-0.39, 0.29) is 37.6 Å². The number of sulfone groups is 1. The van der Waals surface area contributed by atoms with Crippen molar-refractivity contribution in [3.63, 3.8) is 0 Å². The molecule has 0 N–H and O–H groups in total. The van der Waals surface area contributed by atoms with Crippen LogP contribution in [0.3, 0.4) is 0 Å². The van der Waals surface area contributed by atoms with Gasteiger partial charge in [-0.05, 0) is 38.7 Å². The minimum Gasteiger partial charge on any atom is -0.343 e. The van der Waals surface area contributed by atoms with Crippen LogP contribution in [0.25, 0.3) is 5.65 Å². The zero-order valence-electron chi connectivity index (χ0n) is 16.5. The number of amides is 1. The summed E-state index contributed by atoms with van der Waals surface area (Å²) in [5.74, 6) is -1.52. The van der Waals surface area contributed by atoms with Gasteiger partial charge >= 0.3 is 6.18 Å². The van der Waals surface area contributed by atoms with Gasteiger partial charge in [-0.2, -0.15) is 18.3 Å². The summed E-state index contributed by atoms with van der Waals surface area (Å²) in [5.41, 5.74) is 2.15. The second-order valence-corrected chi connectivity index (χ2v) is 10.5. The van der Waals surface area contributed by atoms with E-state index in [4.69, 9.17) is 0 Å². The second-order valence-electron chi connectivity index (χ2n) is 8.21. The minimum atomic E-state index is -4.17. The summed E-state index contributed by atoms with van der Waals surface area (Å²) in [5, 5.41) is 3.64. The number of rotatable bonds is 3. The topological polar surface area (TPSA) is 84.6 Å². The molecule has 11 heteroatoms. The normalized spacial score (nSPS) is 27.3. The molecule has 1 saturated heterocycles. The van der Waals surface area contributed by atoms with Gasteiger partial charge in [0.05, 0.1) is 23.1 Å². The highest BCUT2D eigenvalue weighted by Gasteiger charge is 2.42. The molecule has 4 rings (SSSR count). The first kappa shape index (κ1) is 21.1. The standard InChI is InChI=1S/C19H23F3N4O3S/c1-12-8-16(17-10-25(11-27)6-7-30(17,28)29)26-18(23-12)9-15(24-26)13-2-4-14(5-3-13)19(20,21)22/h8-9,11,13-14,17H,2-7,10H2,1H3/t13-,14-,17?. The fourth-order valence-electron chi connectivity index (χ4n) is 4.47. The molecule has 1 aliphatic carbocycles. The summed E-state index contributed by atoms with van der Waals surface area (Å²) in [6.07, 6.45) is -2.65. The Balaban J connectivity index is 1.68. The number of carbonyl (C=O) groups is 1. The summed E-state index contributed by atoms with van der Waals surface area (Å²) in [4.78, 5) is 17.1. The molecule has 2 aromatic rings. The fraction of sp³-hybridized carbons (Fsp3) is 0.632. The van der Waals surface area contributed by atoms with Gasteiger partial charge in [0.25, 0.3) is 0 Å². The van der Waals surface area contributed by atoms with E-state index in [0.717, 1.165) is 0 Å². The van der Waals surface area contributed by atoms with Crippen molar-refractivity contribution in [3.8, 4) is 0 Å². The Bertz CT molecular complexity index is 1060. The Hall–Kier alpha value is -2.17. The molecule has 1 amide bonds. The Kier molecular flexibility index (Phi) is 5.27. The van der Waals surface area contributed by atoms with Gasteiger partial charge in [0.15, 0.2) is 15.5 Å². The highest BCUT2D eigenvalue weighted by Crippen LogP contribution is 2.42. The lowest BCUT2D eigenvalue weighted by atomic mass is 9.80. The highest BCUT2D eigenvalue weighted by molar-refractivity contribution is 7.91. The molecule has 7 nitrogen and oxygen atoms in total. The maximum Gasteiger partial charge on any atom is 0.391 e. The Morgan fingerprint density at radius 2 is 1.87 bits per heavy atom. The van der Waals surface area contributed by atoms with E-state index in [9.17, 15) is 26.4 Å². The predicted octanol–water partition coefficient (Wildman–Crippen LogP) is 2.80. The zero-order valence-corrected chi connectivity index (χ0v) is 17.3. The number of halogens is 3. The van der Waals surface area contributed by atoms with Crippen molar-refractivity contribution in [3.05, 3.63) is 29.2 Å². The van der Waals surface area contributed by atoms with Crippen LogP contribution in [0.4, 0.5) is 13.2 Å². The van der Waals surface area contributed by atoms with E-state index in [1.165, 1.54) is 9.42 Å². The minimum absolute atomic E-state index is 0.0380. The van der Waals surface area contributed by atoms with E-state index < -0.39 is 27.2 Å². The van der Waals surface area contributed by atoms with Gasteiger partial charge in [-0.1, -0.05) is 0 Å². The summed E-state index contributed by atoms with van der Waals surface area (Å²) in [6, 6.07) is 3.39. The van der Waals surface area contributed by atoms with Crippen LogP contribution in [-0.2, 0) is 14.6 Å². The lowest BCUT2D eigenvalue weighted by molar-refractivity contribution is -0.182. The molecule has 1 unspecified atom stereocenters. The van der Waals surface area contributed by atoms with E-state index in [1.54, 1.807) is 19.1 Å². The van der Waals surface area contributed by atoms with Crippen LogP contribution in [0.15, 0.2) is 12.1 Å². The first-order chi connectivity index (χ1) is 14.1. The quantitative estimate of drug-likeness (QED) is 0.680. The number of aryl methyl sites for hydroxylation is 1. The van der Waals surface area contributed by atoms with Gasteiger partial charge < -0.3 is 4.90 Å². The van der Waals surface area contributed by atoms with Crippen LogP contribution in [0, 0.1) is 12.8 Å². The molecular formula is C19H23F3N4O3S. The van der Waals surface area contributed by atoms with Gasteiger partial charge in [-0.15, -0.1) is 0 Å². The summed E-state index contributed by atoms with van der Waals surface area (Å²) in [6.45, 7) is 1.94. The average Bonchev–Trinajstić information content (AvgIpc) is 3.11. The van der Waals surface area contributed by atoms with Crippen molar-refractivity contribution in [2.24, 2.45) is 5.92 Å². The molecule has 2 fully saturated rings. The number of aromatic nitrogens is 3. The maximum atomic E-state index is 13.0. The Morgan fingerprint density at radius 3 is 2.50 bits per heavy atom. The van der Waals surface area contributed by atoms with Crippen LogP contribution in [0.5, 0.6) is 0 Å². The summed E-state index contributed by atoms with van der Waals surface area (Å²) in [7, 11) is -3.48. The molecule has 0 bridgehead atoms. The van der Waals surface area contributed by atoms with Crippen LogP contribution < -0.4 is 0 Å². The Morgan fingerprint density at radius 1 is 1.17 bits per heavy atom. The van der Waals surface area contributed by atoms with E-state index in [1.807, 2.05) is 0 Å². The van der Waals surface area contributed by atoms with E-state index >= 15 is 0 Å². The number of hydrogen-bond donors (Lipinski definition) is 0. The SMILES string of the molecule is Cc1cc(C2CN(C=O)CCS2(=O)=O)n2nc([C@H]3CC[C@H](C(F)(F)F)CC3)cc2n1. The molecule has 164 valence electrons. The Labute approximate surface area is 172 Å². The average molecular weight is 444 g/mol. The lowest BCUT2D eigenvalue weighted by Crippen LogP contribution is -2.42. The molecule has 1 aliphatic heterocycles. The van der Waals surface area contributed by atoms with Gasteiger partial charge in [0.1, 0.15) is 5.25 Å². The molecule has 1 atom stereocenters. The number of fused-ring (bicyclic) bond motifs is 1. The molecule has 0 radical (unpaired) electrons. The fourth-order valence-corrected chi connectivity index (χ4v) is 6.20. The summed E-state index contributed by atoms with van der Waals surface area (Å²) < 4.78 is 65.8. The van der Waals surface area contributed by atoms with Crippen molar-refractivity contribution in [2.75, 3.05) is 18.8 Å². The van der Waals surface area contributed by atoms with Crippen molar-refractivity contribution < 1.29 is 26.4 Å². The molecule has 2 aromatic heterocycles. The first-order valence-electron chi connectivity index (χ1n) is 9.93. The number of alkyl halides is 3. The molecule has 0 spiro atoms. The maximum absolute atomic E-state index is 13.0. The predicted molar refractivity (Wildman–Crippen MR) is 103 cm³/mol. The number of carbonyl (C=O) groups excluding carboxylic acids is 1. The van der Waals surface area contributed by atoms with Crippen LogP contribution >= 0.6 is 0 Å². The third kappa shape index (κ3) is 3.91. The molecule has 2 aliphatic rings. The van der Waals surface area contributed by atoms with Crippen molar-refractivity contribution >= 4 is 21.9 Å². The van der Waals surface area contributed by atoms with Crippen molar-refractivity contribution in [1.29, 1.82) is 0 Å². The molecule has 30 heavy (non-hydrogen) atoms. The summed E-state index contributed by atoms with van der Waals surface area (Å²) >= 11 is 0. The number of hydrogen-bond acceptors (Lipinski definition) is 5. The smallest absolute Gasteiger partial charge is 0.343 e. The number of nitrogens with zero attached hydrogens (tertiary/aromatic N) is 4. The van der Waals surface area contributed by atoms with Gasteiger partial charge in [-0.25, -0.2) is 17.9 Å². The third-order valence-electron chi connectivity index (χ3n) is 6.19. The van der Waals surface area contributed by atoms with E-state index in [2.05, 4.69) is 10.1 Å².